The highest BCUT2D eigenvalue weighted by molar-refractivity contribution is 7.80. The van der Waals surface area contributed by atoms with Crippen LogP contribution in [-0.4, -0.2) is 28.9 Å². The second kappa shape index (κ2) is 8.40. The molecule has 24 heavy (non-hydrogen) atoms. The van der Waals surface area contributed by atoms with E-state index in [9.17, 15) is 9.59 Å². The molecule has 0 bridgehead atoms. The van der Waals surface area contributed by atoms with Gasteiger partial charge in [-0.1, -0.05) is 24.3 Å². The molecule has 2 rings (SSSR count). The van der Waals surface area contributed by atoms with Crippen LogP contribution in [0.5, 0.6) is 0 Å². The van der Waals surface area contributed by atoms with Gasteiger partial charge in [-0.25, -0.2) is 9.59 Å². The maximum Gasteiger partial charge on any atom is 0.335 e. The summed E-state index contributed by atoms with van der Waals surface area (Å²) in [5.41, 5.74) is 3.05. The van der Waals surface area contributed by atoms with Crippen LogP contribution in [0.2, 0.25) is 0 Å². The highest BCUT2D eigenvalue weighted by Crippen LogP contribution is 2.12. The second-order valence-corrected chi connectivity index (χ2v) is 5.86. The molecule has 3 N–H and O–H groups in total. The monoisotopic (exact) mass is 344 g/mol. The zero-order chi connectivity index (χ0) is 17.5. The molecule has 0 aliphatic rings. The Labute approximate surface area is 146 Å². The maximum atomic E-state index is 12.1. The normalized spacial score (nSPS) is 11.6. The van der Waals surface area contributed by atoms with Crippen LogP contribution in [0.1, 0.15) is 21.5 Å². The lowest BCUT2D eigenvalue weighted by Crippen LogP contribution is -2.40. The van der Waals surface area contributed by atoms with Gasteiger partial charge in [0.2, 0.25) is 0 Å². The highest BCUT2D eigenvalue weighted by Gasteiger charge is 2.13. The zero-order valence-electron chi connectivity index (χ0n) is 13.3. The van der Waals surface area contributed by atoms with Gasteiger partial charge >= 0.3 is 12.0 Å². The van der Waals surface area contributed by atoms with Crippen LogP contribution in [-0.2, 0) is 6.42 Å². The summed E-state index contributed by atoms with van der Waals surface area (Å²) in [6.07, 6.45) is 0.696. The SMILES string of the molecule is Cc1ccccc1C[C@H](CS)NC(=O)Nc1ccc(C(=O)O)cc1. The van der Waals surface area contributed by atoms with Crippen molar-refractivity contribution in [3.05, 3.63) is 65.2 Å². The van der Waals surface area contributed by atoms with E-state index < -0.39 is 5.97 Å². The van der Waals surface area contributed by atoms with Gasteiger partial charge < -0.3 is 15.7 Å². The molecule has 2 aromatic rings. The Morgan fingerprint density at radius 3 is 2.38 bits per heavy atom. The predicted molar refractivity (Wildman–Crippen MR) is 98.1 cm³/mol. The molecule has 0 aliphatic carbocycles. The number of aromatic carboxylic acids is 1. The molecule has 0 unspecified atom stereocenters. The van der Waals surface area contributed by atoms with Crippen molar-refractivity contribution in [3.8, 4) is 0 Å². The van der Waals surface area contributed by atoms with E-state index in [-0.39, 0.29) is 17.6 Å². The molecule has 0 radical (unpaired) electrons. The Kier molecular flexibility index (Phi) is 6.26. The molecule has 126 valence electrons. The van der Waals surface area contributed by atoms with E-state index in [1.54, 1.807) is 12.1 Å². The van der Waals surface area contributed by atoms with Gasteiger partial charge in [0.25, 0.3) is 0 Å². The number of anilines is 1. The number of thiol groups is 1. The van der Waals surface area contributed by atoms with E-state index in [1.165, 1.54) is 23.3 Å². The Bertz CT molecular complexity index is 716. The lowest BCUT2D eigenvalue weighted by atomic mass is 10.0. The van der Waals surface area contributed by atoms with Gasteiger partial charge in [-0.05, 0) is 48.7 Å². The maximum absolute atomic E-state index is 12.1. The van der Waals surface area contributed by atoms with Gasteiger partial charge in [0.1, 0.15) is 0 Å². The Balaban J connectivity index is 1.94. The molecule has 0 saturated heterocycles. The number of benzene rings is 2. The summed E-state index contributed by atoms with van der Waals surface area (Å²) in [5, 5.41) is 14.4. The molecular weight excluding hydrogens is 324 g/mol. The van der Waals surface area contributed by atoms with E-state index in [2.05, 4.69) is 23.3 Å². The predicted octanol–water partition coefficient (Wildman–Crippen LogP) is 3.36. The largest absolute Gasteiger partial charge is 0.478 e. The number of carboxylic acids is 1. The summed E-state index contributed by atoms with van der Waals surface area (Å²) >= 11 is 4.31. The summed E-state index contributed by atoms with van der Waals surface area (Å²) < 4.78 is 0. The van der Waals surface area contributed by atoms with Crippen LogP contribution in [0.4, 0.5) is 10.5 Å². The number of nitrogens with one attached hydrogen (secondary N) is 2. The smallest absolute Gasteiger partial charge is 0.335 e. The minimum atomic E-state index is -1.00. The number of hydrogen-bond acceptors (Lipinski definition) is 3. The molecule has 0 saturated carbocycles. The van der Waals surface area contributed by atoms with E-state index in [0.717, 1.165) is 0 Å². The third-order valence-corrected chi connectivity index (χ3v) is 4.11. The fourth-order valence-corrected chi connectivity index (χ4v) is 2.53. The number of carbonyl (C=O) groups excluding carboxylic acids is 1. The van der Waals surface area contributed by atoms with Crippen molar-refractivity contribution >= 4 is 30.3 Å². The first kappa shape index (κ1) is 17.9. The minimum Gasteiger partial charge on any atom is -0.478 e. The molecule has 0 heterocycles. The van der Waals surface area contributed by atoms with E-state index in [0.29, 0.717) is 17.9 Å². The van der Waals surface area contributed by atoms with Gasteiger partial charge in [-0.15, -0.1) is 0 Å². The summed E-state index contributed by atoms with van der Waals surface area (Å²) in [4.78, 5) is 22.9. The lowest BCUT2D eigenvalue weighted by Gasteiger charge is -2.18. The first-order valence-electron chi connectivity index (χ1n) is 7.56. The number of urea groups is 1. The Hall–Kier alpha value is -2.47. The van der Waals surface area contributed by atoms with Crippen molar-refractivity contribution in [1.82, 2.24) is 5.32 Å². The third-order valence-electron chi connectivity index (χ3n) is 3.67. The van der Waals surface area contributed by atoms with Crippen LogP contribution < -0.4 is 10.6 Å². The number of carbonyl (C=O) groups is 2. The van der Waals surface area contributed by atoms with Crippen molar-refractivity contribution in [3.63, 3.8) is 0 Å². The highest BCUT2D eigenvalue weighted by atomic mass is 32.1. The minimum absolute atomic E-state index is 0.104. The quantitative estimate of drug-likeness (QED) is 0.607. The molecule has 0 aliphatic heterocycles. The molecule has 2 amide bonds. The Morgan fingerprint density at radius 2 is 1.79 bits per heavy atom. The summed E-state index contributed by atoms with van der Waals surface area (Å²) in [7, 11) is 0. The first-order valence-corrected chi connectivity index (χ1v) is 8.19. The molecular formula is C18H20N2O3S. The molecule has 1 atom stereocenters. The summed E-state index contributed by atoms with van der Waals surface area (Å²) in [6.45, 7) is 2.04. The second-order valence-electron chi connectivity index (χ2n) is 5.49. The standard InChI is InChI=1S/C18H20N2O3S/c1-12-4-2-3-5-14(12)10-16(11-24)20-18(23)19-15-8-6-13(7-9-15)17(21)22/h2-9,16,24H,10-11H2,1H3,(H,21,22)(H2,19,20,23)/t16-/m1/s1. The van der Waals surface area contributed by atoms with Gasteiger partial charge in [-0.2, -0.15) is 12.6 Å². The topological polar surface area (TPSA) is 78.4 Å². The summed E-state index contributed by atoms with van der Waals surface area (Å²) in [5.74, 6) is -0.487. The van der Waals surface area contributed by atoms with Crippen LogP contribution in [0.3, 0.4) is 0 Å². The van der Waals surface area contributed by atoms with Gasteiger partial charge in [0.15, 0.2) is 0 Å². The van der Waals surface area contributed by atoms with Crippen LogP contribution in [0, 0.1) is 6.92 Å². The van der Waals surface area contributed by atoms with Crippen LogP contribution in [0.25, 0.3) is 0 Å². The van der Waals surface area contributed by atoms with Gasteiger partial charge in [-0.3, -0.25) is 0 Å². The van der Waals surface area contributed by atoms with Crippen LogP contribution >= 0.6 is 12.6 Å². The number of hydrogen-bond donors (Lipinski definition) is 4. The van der Waals surface area contributed by atoms with Crippen molar-refractivity contribution in [2.45, 2.75) is 19.4 Å². The molecule has 5 nitrogen and oxygen atoms in total. The van der Waals surface area contributed by atoms with E-state index in [1.807, 2.05) is 31.2 Å². The third kappa shape index (κ3) is 5.03. The summed E-state index contributed by atoms with van der Waals surface area (Å²) in [6, 6.07) is 13.6. The van der Waals surface area contributed by atoms with E-state index in [4.69, 9.17) is 5.11 Å². The van der Waals surface area contributed by atoms with Gasteiger partial charge in [0, 0.05) is 17.5 Å². The average molecular weight is 344 g/mol. The molecule has 0 aromatic heterocycles. The van der Waals surface area contributed by atoms with Crippen LogP contribution in [0.15, 0.2) is 48.5 Å². The fourth-order valence-electron chi connectivity index (χ4n) is 2.31. The van der Waals surface area contributed by atoms with E-state index >= 15 is 0 Å². The average Bonchev–Trinajstić information content (AvgIpc) is 2.56. The van der Waals surface area contributed by atoms with Crippen molar-refractivity contribution in [2.24, 2.45) is 0 Å². The zero-order valence-corrected chi connectivity index (χ0v) is 14.2. The number of carboxylic acid groups (broad SMARTS) is 1. The van der Waals surface area contributed by atoms with Crippen molar-refractivity contribution in [2.75, 3.05) is 11.1 Å². The van der Waals surface area contributed by atoms with Gasteiger partial charge in [0.05, 0.1) is 5.56 Å². The number of amides is 2. The molecule has 2 aromatic carbocycles. The fraction of sp³-hybridized carbons (Fsp3) is 0.222. The van der Waals surface area contributed by atoms with Crippen molar-refractivity contribution in [1.29, 1.82) is 0 Å². The number of aryl methyl sites for hydroxylation is 1. The first-order chi connectivity index (χ1) is 11.5. The molecule has 6 heteroatoms. The van der Waals surface area contributed by atoms with Crippen molar-refractivity contribution < 1.29 is 14.7 Å². The lowest BCUT2D eigenvalue weighted by molar-refractivity contribution is 0.0697. The molecule has 0 fully saturated rings. The molecule has 0 spiro atoms. The number of rotatable bonds is 6. The Morgan fingerprint density at radius 1 is 1.12 bits per heavy atom.